The third-order valence-corrected chi connectivity index (χ3v) is 19.7. The maximum absolute atomic E-state index is 2.83. The van der Waals surface area contributed by atoms with E-state index in [4.69, 9.17) is 0 Å². The molecule has 1 fully saturated rings. The highest BCUT2D eigenvalue weighted by Crippen LogP contribution is 2.65. The van der Waals surface area contributed by atoms with Crippen molar-refractivity contribution in [2.45, 2.75) is 194 Å². The lowest BCUT2D eigenvalue weighted by molar-refractivity contribution is 0.195. The van der Waals surface area contributed by atoms with Crippen LogP contribution in [0.4, 0.5) is 34.1 Å². The van der Waals surface area contributed by atoms with Gasteiger partial charge in [0.2, 0.25) is 6.71 Å². The van der Waals surface area contributed by atoms with Gasteiger partial charge >= 0.3 is 0 Å². The van der Waals surface area contributed by atoms with E-state index in [1.54, 1.807) is 0 Å². The molecule has 4 heteroatoms. The third kappa shape index (κ3) is 6.70. The number of nitrogens with zero attached hydrogens (tertiary/aromatic N) is 3. The maximum Gasteiger partial charge on any atom is 0.245 e. The van der Waals surface area contributed by atoms with Crippen LogP contribution >= 0.6 is 0 Å². The van der Waals surface area contributed by atoms with Gasteiger partial charge in [-0.15, -0.1) is 0 Å². The fourth-order valence-corrected chi connectivity index (χ4v) is 15.1. The molecule has 0 radical (unpaired) electrons. The first kappa shape index (κ1) is 49.2. The zero-order chi connectivity index (χ0) is 52.8. The largest absolute Gasteiger partial charge is 0.334 e. The van der Waals surface area contributed by atoms with Gasteiger partial charge in [0.25, 0.3) is 0 Å². The highest BCUT2D eigenvalue weighted by atomic mass is 15.3. The smallest absolute Gasteiger partial charge is 0.245 e. The molecule has 1 saturated carbocycles. The van der Waals surface area contributed by atoms with E-state index in [0.717, 1.165) is 6.42 Å². The van der Waals surface area contributed by atoms with Crippen molar-refractivity contribution in [3.8, 4) is 0 Å². The van der Waals surface area contributed by atoms with Crippen LogP contribution in [0.1, 0.15) is 200 Å². The van der Waals surface area contributed by atoms with Crippen molar-refractivity contribution in [3.05, 3.63) is 182 Å². The Balaban J connectivity index is 1.27. The van der Waals surface area contributed by atoms with Crippen LogP contribution in [0.5, 0.6) is 0 Å². The van der Waals surface area contributed by atoms with Crippen LogP contribution in [0.25, 0.3) is 11.4 Å². The Hall–Kier alpha value is -5.74. The monoisotopic (exact) mass is 976 g/mol. The molecule has 2 unspecified atom stereocenters. The molecule has 0 saturated heterocycles. The molecule has 0 N–H and O–H groups in total. The van der Waals surface area contributed by atoms with Crippen molar-refractivity contribution in [1.82, 2.24) is 0 Å². The van der Waals surface area contributed by atoms with Gasteiger partial charge in [0.15, 0.2) is 0 Å². The fraction of sp³-hybridized carbons (Fsp3) is 0.429. The summed E-state index contributed by atoms with van der Waals surface area (Å²) < 4.78 is 0. The molecule has 74 heavy (non-hydrogen) atoms. The molecule has 0 amide bonds. The van der Waals surface area contributed by atoms with E-state index < -0.39 is 0 Å². The predicted octanol–water partition coefficient (Wildman–Crippen LogP) is 18.1. The second kappa shape index (κ2) is 15.5. The molecule has 6 aliphatic rings. The first-order valence-corrected chi connectivity index (χ1v) is 28.2. The van der Waals surface area contributed by atoms with Crippen molar-refractivity contribution in [3.63, 3.8) is 0 Å². The molecule has 0 spiro atoms. The van der Waals surface area contributed by atoms with E-state index in [1.807, 2.05) is 0 Å². The van der Waals surface area contributed by atoms with Crippen LogP contribution < -0.4 is 20.2 Å². The fourth-order valence-electron chi connectivity index (χ4n) is 15.1. The second-order valence-electron chi connectivity index (χ2n) is 29.1. The first-order valence-electron chi connectivity index (χ1n) is 28.2. The second-order valence-corrected chi connectivity index (χ2v) is 29.1. The number of fused-ring (bicyclic) bond motifs is 9. The number of hydrogen-bond acceptors (Lipinski definition) is 3. The average Bonchev–Trinajstić information content (AvgIpc) is 3.81. The van der Waals surface area contributed by atoms with Gasteiger partial charge in [-0.3, -0.25) is 0 Å². The van der Waals surface area contributed by atoms with Gasteiger partial charge in [-0.05, 0) is 140 Å². The summed E-state index contributed by atoms with van der Waals surface area (Å²) in [5, 5.41) is 0. The summed E-state index contributed by atoms with van der Waals surface area (Å²) in [4.78, 5) is 8.34. The van der Waals surface area contributed by atoms with Crippen LogP contribution in [0.3, 0.4) is 0 Å². The number of hydrogen-bond donors (Lipinski definition) is 0. The van der Waals surface area contributed by atoms with Crippen molar-refractivity contribution >= 4 is 57.7 Å². The van der Waals surface area contributed by atoms with E-state index in [2.05, 4.69) is 261 Å². The van der Waals surface area contributed by atoms with E-state index in [1.165, 1.54) is 131 Å². The summed E-state index contributed by atoms with van der Waals surface area (Å²) >= 11 is 0. The van der Waals surface area contributed by atoms with Gasteiger partial charge in [-0.1, -0.05) is 208 Å². The van der Waals surface area contributed by atoms with Crippen LogP contribution in [-0.4, -0.2) is 12.3 Å². The molecule has 2 atom stereocenters. The minimum Gasteiger partial charge on any atom is -0.334 e. The minimum atomic E-state index is -0.287. The molecule has 6 aromatic rings. The lowest BCUT2D eigenvalue weighted by Gasteiger charge is -2.51. The van der Waals surface area contributed by atoms with Gasteiger partial charge in [0, 0.05) is 72.9 Å². The highest BCUT2D eigenvalue weighted by molar-refractivity contribution is 6.92. The maximum atomic E-state index is 2.83. The van der Waals surface area contributed by atoms with E-state index in [9.17, 15) is 0 Å². The van der Waals surface area contributed by atoms with E-state index in [0.29, 0.717) is 0 Å². The molecule has 3 aliphatic carbocycles. The van der Waals surface area contributed by atoms with Gasteiger partial charge in [-0.2, -0.15) is 0 Å². The first-order chi connectivity index (χ1) is 34.5. The SMILES string of the molecule is CC(C)(C)c1ccc(N2C3=C(B4C5=C(c6cc(C(C)(C)C)ccc6C5(C)C)N(c5ccc(C(C)(C)C)cc5)c5cc(N6c7ccccc7C7(C)CCCCC67C)cc2c54)C(C)(C)c2ccc(C(C)(C)C)cc23)cc1. The number of benzene rings is 6. The Morgan fingerprint density at radius 2 is 0.811 bits per heavy atom. The molecule has 3 nitrogen and oxygen atoms in total. The Morgan fingerprint density at radius 3 is 1.24 bits per heavy atom. The summed E-state index contributed by atoms with van der Waals surface area (Å²) in [5.74, 6) is 0. The Morgan fingerprint density at radius 1 is 0.405 bits per heavy atom. The highest BCUT2D eigenvalue weighted by Gasteiger charge is 2.61. The zero-order valence-electron chi connectivity index (χ0n) is 48.3. The van der Waals surface area contributed by atoms with Crippen molar-refractivity contribution < 1.29 is 0 Å². The molecule has 0 aromatic heterocycles. The molecule has 3 aliphatic heterocycles. The number of rotatable bonds is 3. The minimum absolute atomic E-state index is 0.00338. The third-order valence-electron chi connectivity index (χ3n) is 19.7. The molecular weight excluding hydrogens is 894 g/mol. The number of para-hydroxylation sites is 1. The van der Waals surface area contributed by atoms with Gasteiger partial charge in [-0.25, -0.2) is 0 Å². The van der Waals surface area contributed by atoms with Gasteiger partial charge in [0.05, 0.1) is 5.54 Å². The zero-order valence-corrected chi connectivity index (χ0v) is 48.3. The number of anilines is 6. The Labute approximate surface area is 446 Å². The van der Waals surface area contributed by atoms with Crippen molar-refractivity contribution in [1.29, 1.82) is 0 Å². The Bertz CT molecular complexity index is 3220. The lowest BCUT2D eigenvalue weighted by Crippen LogP contribution is -2.55. The van der Waals surface area contributed by atoms with Crippen molar-refractivity contribution in [2.24, 2.45) is 0 Å². The normalized spacial score (nSPS) is 22.4. The predicted molar refractivity (Wildman–Crippen MR) is 319 cm³/mol. The molecule has 0 bridgehead atoms. The van der Waals surface area contributed by atoms with Crippen LogP contribution in [0, 0.1) is 0 Å². The summed E-state index contributed by atoms with van der Waals surface area (Å²) in [7, 11) is 0. The molecule has 3 heterocycles. The standard InChI is InChI=1S/C70H82BN3/c1-63(2,3)43-25-31-47(32-26-43)72-56-41-49(74-55-24-20-19-23-54(55)69(17)37-21-22-38-70(69,74)18)42-57-58(56)71(61-59(72)50-39-45(65(7,8)9)29-35-52(50)67(61,13)14)62-60(73(57)48-33-27-44(28-34-48)64(4,5)6)51-40-46(66(10,11)12)30-36-53(51)68(62,15)16/h19-20,23-36,39-42H,21-22,37-38H2,1-18H3. The quantitative estimate of drug-likeness (QED) is 0.164. The van der Waals surface area contributed by atoms with Crippen LogP contribution in [0.2, 0.25) is 0 Å². The van der Waals surface area contributed by atoms with E-state index >= 15 is 0 Å². The van der Waals surface area contributed by atoms with Gasteiger partial charge < -0.3 is 14.7 Å². The lowest BCUT2D eigenvalue weighted by atomic mass is 9.27. The summed E-state index contributed by atoms with van der Waals surface area (Å²) in [5.41, 5.74) is 26.7. The van der Waals surface area contributed by atoms with Crippen molar-refractivity contribution in [2.75, 3.05) is 14.7 Å². The molecule has 6 aromatic carbocycles. The molecule has 12 rings (SSSR count). The number of allylic oxidation sites excluding steroid dienone is 2. The molecular formula is C70H82BN3. The molecule has 380 valence electrons. The van der Waals surface area contributed by atoms with Crippen LogP contribution in [0.15, 0.2) is 132 Å². The topological polar surface area (TPSA) is 9.72 Å². The summed E-state index contributed by atoms with van der Waals surface area (Å²) in [6.07, 6.45) is 4.81. The van der Waals surface area contributed by atoms with Crippen LogP contribution in [-0.2, 0) is 37.9 Å². The Kier molecular flexibility index (Phi) is 10.3. The summed E-state index contributed by atoms with van der Waals surface area (Å²) in [6, 6.07) is 49.2. The van der Waals surface area contributed by atoms with Gasteiger partial charge in [0.1, 0.15) is 0 Å². The summed E-state index contributed by atoms with van der Waals surface area (Å²) in [6.45, 7) is 43.6. The van der Waals surface area contributed by atoms with E-state index in [-0.39, 0.29) is 50.2 Å². The average molecular weight is 976 g/mol.